The van der Waals surface area contributed by atoms with Crippen molar-refractivity contribution in [1.29, 1.82) is 0 Å². The van der Waals surface area contributed by atoms with Crippen molar-refractivity contribution in [3.05, 3.63) is 35.1 Å². The Hall–Kier alpha value is -1.46. The molecule has 0 radical (unpaired) electrons. The number of benzene rings is 1. The molecule has 0 bridgehead atoms. The maximum atomic E-state index is 13.9. The third-order valence-corrected chi connectivity index (χ3v) is 4.07. The Bertz CT molecular complexity index is 516. The predicted octanol–water partition coefficient (Wildman–Crippen LogP) is 1.34. The van der Waals surface area contributed by atoms with Gasteiger partial charge in [-0.15, -0.1) is 0 Å². The number of piperazine rings is 1. The smallest absolute Gasteiger partial charge is 0.242 e. The lowest BCUT2D eigenvalue weighted by molar-refractivity contribution is -0.147. The van der Waals surface area contributed by atoms with Crippen LogP contribution in [0.2, 0.25) is 0 Å². The summed E-state index contributed by atoms with van der Waals surface area (Å²) >= 11 is 0. The molecule has 0 unspecified atom stereocenters. The maximum Gasteiger partial charge on any atom is 0.242 e. The summed E-state index contributed by atoms with van der Waals surface area (Å²) in [6.07, 6.45) is 0. The lowest BCUT2D eigenvalue weighted by Crippen LogP contribution is -2.61. The van der Waals surface area contributed by atoms with Crippen molar-refractivity contribution >= 4 is 5.91 Å². The maximum absolute atomic E-state index is 13.9. The zero-order valence-electron chi connectivity index (χ0n) is 12.3. The second-order valence-electron chi connectivity index (χ2n) is 5.84. The molecule has 20 heavy (non-hydrogen) atoms. The largest absolute Gasteiger partial charge is 0.343 e. The fourth-order valence-corrected chi connectivity index (χ4v) is 2.61. The number of halogens is 1. The van der Waals surface area contributed by atoms with Crippen LogP contribution in [0.5, 0.6) is 0 Å². The highest BCUT2D eigenvalue weighted by atomic mass is 19.1. The molecule has 1 aromatic rings. The summed E-state index contributed by atoms with van der Waals surface area (Å²) in [5.41, 5.74) is 6.48. The van der Waals surface area contributed by atoms with Crippen LogP contribution in [-0.2, 0) is 17.9 Å². The third-order valence-electron chi connectivity index (χ3n) is 4.07. The molecule has 4 nitrogen and oxygen atoms in total. The van der Waals surface area contributed by atoms with Gasteiger partial charge in [-0.05, 0) is 25.5 Å². The first-order valence-corrected chi connectivity index (χ1v) is 6.84. The van der Waals surface area contributed by atoms with E-state index in [0.29, 0.717) is 25.2 Å². The normalized spacial score (nSPS) is 19.4. The number of hydrogen-bond acceptors (Lipinski definition) is 3. The fourth-order valence-electron chi connectivity index (χ4n) is 2.61. The second-order valence-corrected chi connectivity index (χ2v) is 5.84. The molecule has 0 saturated carbocycles. The van der Waals surface area contributed by atoms with Crippen LogP contribution in [0.1, 0.15) is 25.0 Å². The van der Waals surface area contributed by atoms with Gasteiger partial charge in [0.15, 0.2) is 0 Å². The Morgan fingerprint density at radius 3 is 2.70 bits per heavy atom. The first kappa shape index (κ1) is 14.9. The minimum absolute atomic E-state index is 0.0686. The molecule has 5 heteroatoms. The number of carbonyl (C=O) groups is 1. The van der Waals surface area contributed by atoms with Gasteiger partial charge in [0.05, 0.1) is 5.54 Å². The molecule has 1 heterocycles. The van der Waals surface area contributed by atoms with Gasteiger partial charge in [0.25, 0.3) is 0 Å². The van der Waals surface area contributed by atoms with Crippen LogP contribution in [0.15, 0.2) is 18.2 Å². The van der Waals surface area contributed by atoms with Gasteiger partial charge in [0.1, 0.15) is 5.82 Å². The third kappa shape index (κ3) is 2.69. The minimum atomic E-state index is -0.613. The summed E-state index contributed by atoms with van der Waals surface area (Å²) in [6, 6.07) is 4.93. The van der Waals surface area contributed by atoms with E-state index in [1.54, 1.807) is 24.1 Å². The van der Waals surface area contributed by atoms with E-state index in [0.717, 1.165) is 12.1 Å². The first-order chi connectivity index (χ1) is 9.36. The molecule has 1 amide bonds. The van der Waals surface area contributed by atoms with Crippen LogP contribution in [0.4, 0.5) is 4.39 Å². The summed E-state index contributed by atoms with van der Waals surface area (Å²) < 4.78 is 13.9. The first-order valence-electron chi connectivity index (χ1n) is 6.84. The minimum Gasteiger partial charge on any atom is -0.343 e. The zero-order chi connectivity index (χ0) is 14.9. The highest BCUT2D eigenvalue weighted by molar-refractivity contribution is 5.86. The standard InChI is InChI=1S/C15H22FN3O/c1-15(2)14(20)18(3)6-7-19(15)10-12-8-11(9-17)4-5-13(12)16/h4-5,8H,6-7,9-10,17H2,1-3H3. The molecule has 2 N–H and O–H groups in total. The summed E-state index contributed by atoms with van der Waals surface area (Å²) in [6.45, 7) is 5.98. The van der Waals surface area contributed by atoms with Gasteiger partial charge in [-0.1, -0.05) is 12.1 Å². The second kappa shape index (κ2) is 5.50. The van der Waals surface area contributed by atoms with Crippen LogP contribution in [0.25, 0.3) is 0 Å². The Morgan fingerprint density at radius 1 is 1.35 bits per heavy atom. The van der Waals surface area contributed by atoms with Crippen LogP contribution in [0.3, 0.4) is 0 Å². The van der Waals surface area contributed by atoms with E-state index >= 15 is 0 Å². The Labute approximate surface area is 119 Å². The molecule has 0 atom stereocenters. The lowest BCUT2D eigenvalue weighted by Gasteiger charge is -2.44. The number of nitrogens with two attached hydrogens (primary N) is 1. The zero-order valence-corrected chi connectivity index (χ0v) is 12.3. The number of likely N-dealkylation sites (N-methyl/N-ethyl adjacent to an activating group) is 1. The van der Waals surface area contributed by atoms with Gasteiger partial charge in [0.2, 0.25) is 5.91 Å². The summed E-state index contributed by atoms with van der Waals surface area (Å²) in [5, 5.41) is 0. The van der Waals surface area contributed by atoms with Crippen molar-refractivity contribution < 1.29 is 9.18 Å². The Balaban J connectivity index is 2.23. The average molecular weight is 279 g/mol. The van der Waals surface area contributed by atoms with Crippen molar-refractivity contribution in [2.24, 2.45) is 5.73 Å². The summed E-state index contributed by atoms with van der Waals surface area (Å²) in [5.74, 6) is -0.177. The molecule has 1 saturated heterocycles. The van der Waals surface area contributed by atoms with Gasteiger partial charge in [-0.25, -0.2) is 4.39 Å². The van der Waals surface area contributed by atoms with Crippen LogP contribution >= 0.6 is 0 Å². The van der Waals surface area contributed by atoms with E-state index in [1.165, 1.54) is 6.07 Å². The molecule has 0 aromatic heterocycles. The van der Waals surface area contributed by atoms with Crippen molar-refractivity contribution in [1.82, 2.24) is 9.80 Å². The Morgan fingerprint density at radius 2 is 2.05 bits per heavy atom. The summed E-state index contributed by atoms with van der Waals surface area (Å²) in [4.78, 5) is 16.0. The molecule has 1 aliphatic heterocycles. The van der Waals surface area contributed by atoms with E-state index in [-0.39, 0.29) is 11.7 Å². The van der Waals surface area contributed by atoms with Crippen molar-refractivity contribution in [3.63, 3.8) is 0 Å². The van der Waals surface area contributed by atoms with Gasteiger partial charge >= 0.3 is 0 Å². The fraction of sp³-hybridized carbons (Fsp3) is 0.533. The quantitative estimate of drug-likeness (QED) is 0.908. The molecule has 1 fully saturated rings. The molecular formula is C15H22FN3O. The highest BCUT2D eigenvalue weighted by Gasteiger charge is 2.40. The van der Waals surface area contributed by atoms with Gasteiger partial charge < -0.3 is 10.6 Å². The van der Waals surface area contributed by atoms with Crippen molar-refractivity contribution in [2.75, 3.05) is 20.1 Å². The Kier molecular flexibility index (Phi) is 4.11. The number of carbonyl (C=O) groups excluding carboxylic acids is 1. The van der Waals surface area contributed by atoms with Gasteiger partial charge in [0, 0.05) is 38.8 Å². The lowest BCUT2D eigenvalue weighted by atomic mass is 9.96. The van der Waals surface area contributed by atoms with Gasteiger partial charge in [-0.3, -0.25) is 9.69 Å². The van der Waals surface area contributed by atoms with E-state index in [9.17, 15) is 9.18 Å². The molecule has 1 aliphatic rings. The van der Waals surface area contributed by atoms with Crippen LogP contribution in [0, 0.1) is 5.82 Å². The molecule has 0 aliphatic carbocycles. The molecular weight excluding hydrogens is 257 g/mol. The number of nitrogens with zero attached hydrogens (tertiary/aromatic N) is 2. The van der Waals surface area contributed by atoms with E-state index in [4.69, 9.17) is 5.73 Å². The number of hydrogen-bond donors (Lipinski definition) is 1. The molecule has 110 valence electrons. The number of amides is 1. The van der Waals surface area contributed by atoms with E-state index in [1.807, 2.05) is 18.7 Å². The van der Waals surface area contributed by atoms with Crippen molar-refractivity contribution in [3.8, 4) is 0 Å². The van der Waals surface area contributed by atoms with Crippen LogP contribution in [-0.4, -0.2) is 41.4 Å². The van der Waals surface area contributed by atoms with E-state index in [2.05, 4.69) is 0 Å². The van der Waals surface area contributed by atoms with Crippen LogP contribution < -0.4 is 5.73 Å². The van der Waals surface area contributed by atoms with Gasteiger partial charge in [-0.2, -0.15) is 0 Å². The number of rotatable bonds is 3. The molecule has 0 spiro atoms. The molecule has 1 aromatic carbocycles. The SMILES string of the molecule is CN1CCN(Cc2cc(CN)ccc2F)C(C)(C)C1=O. The predicted molar refractivity (Wildman–Crippen MR) is 76.4 cm³/mol. The highest BCUT2D eigenvalue weighted by Crippen LogP contribution is 2.25. The van der Waals surface area contributed by atoms with Crippen molar-refractivity contribution in [2.45, 2.75) is 32.5 Å². The summed E-state index contributed by atoms with van der Waals surface area (Å²) in [7, 11) is 1.80. The topological polar surface area (TPSA) is 49.6 Å². The molecule has 2 rings (SSSR count). The monoisotopic (exact) mass is 279 g/mol. The van der Waals surface area contributed by atoms with E-state index < -0.39 is 5.54 Å². The average Bonchev–Trinajstić information content (AvgIpc) is 2.42.